The number of ether oxygens (including phenoxy) is 1. The van der Waals surface area contributed by atoms with Gasteiger partial charge in [0.15, 0.2) is 0 Å². The van der Waals surface area contributed by atoms with E-state index in [2.05, 4.69) is 10.1 Å². The Bertz CT molecular complexity index is 1050. The number of carbonyl (C=O) groups excluding carboxylic acids is 1. The highest BCUT2D eigenvalue weighted by Gasteiger charge is 2.38. The molecule has 0 fully saturated rings. The Hall–Kier alpha value is -3.67. The third kappa shape index (κ3) is 7.17. The zero-order valence-corrected chi connectivity index (χ0v) is 18.0. The van der Waals surface area contributed by atoms with Gasteiger partial charge in [0.1, 0.15) is 5.76 Å². The Morgan fingerprint density at radius 3 is 2.65 bits per heavy atom. The SMILES string of the molecule is O=C(Cc1ccco1)N1Cc2ccnn2C(CCOCc2cccnc2)C1.O=C(O)C(F)(F)F. The Morgan fingerprint density at radius 1 is 1.21 bits per heavy atom. The van der Waals surface area contributed by atoms with Gasteiger partial charge in [-0.25, -0.2) is 4.79 Å². The highest BCUT2D eigenvalue weighted by Crippen LogP contribution is 2.24. The Kier molecular flexibility index (Phi) is 8.41. The lowest BCUT2D eigenvalue weighted by molar-refractivity contribution is -0.192. The first-order chi connectivity index (χ1) is 16.2. The van der Waals surface area contributed by atoms with E-state index in [1.54, 1.807) is 30.9 Å². The molecule has 0 bridgehead atoms. The van der Waals surface area contributed by atoms with E-state index in [-0.39, 0.29) is 18.4 Å². The monoisotopic (exact) mass is 480 g/mol. The maximum absolute atomic E-state index is 12.7. The summed E-state index contributed by atoms with van der Waals surface area (Å²) in [7, 11) is 0. The number of nitrogens with zero attached hydrogens (tertiary/aromatic N) is 4. The van der Waals surface area contributed by atoms with Crippen molar-refractivity contribution in [2.24, 2.45) is 0 Å². The first-order valence-electron chi connectivity index (χ1n) is 10.3. The van der Waals surface area contributed by atoms with Crippen molar-refractivity contribution < 1.29 is 37.0 Å². The molecule has 1 N–H and O–H groups in total. The van der Waals surface area contributed by atoms with E-state index in [1.165, 1.54) is 0 Å². The molecule has 3 aromatic heterocycles. The third-order valence-electron chi connectivity index (χ3n) is 4.97. The number of furan rings is 1. The molecule has 0 aromatic carbocycles. The summed E-state index contributed by atoms with van der Waals surface area (Å²) in [5, 5.41) is 11.6. The second-order valence-corrected chi connectivity index (χ2v) is 7.46. The zero-order valence-electron chi connectivity index (χ0n) is 18.0. The minimum absolute atomic E-state index is 0.0682. The van der Waals surface area contributed by atoms with Crippen molar-refractivity contribution in [3.8, 4) is 0 Å². The molecule has 4 heterocycles. The van der Waals surface area contributed by atoms with Gasteiger partial charge in [-0.2, -0.15) is 18.3 Å². The fourth-order valence-corrected chi connectivity index (χ4v) is 3.36. The van der Waals surface area contributed by atoms with Gasteiger partial charge in [0.05, 0.1) is 37.6 Å². The third-order valence-corrected chi connectivity index (χ3v) is 4.97. The van der Waals surface area contributed by atoms with Crippen molar-refractivity contribution in [3.05, 3.63) is 72.2 Å². The molecule has 12 heteroatoms. The van der Waals surface area contributed by atoms with Crippen LogP contribution in [-0.4, -0.2) is 56.0 Å². The van der Waals surface area contributed by atoms with Gasteiger partial charge < -0.3 is 19.2 Å². The maximum atomic E-state index is 12.7. The minimum atomic E-state index is -5.08. The van der Waals surface area contributed by atoms with E-state index in [9.17, 15) is 18.0 Å². The van der Waals surface area contributed by atoms with Crippen molar-refractivity contribution in [3.63, 3.8) is 0 Å². The van der Waals surface area contributed by atoms with Crippen LogP contribution >= 0.6 is 0 Å². The average molecular weight is 480 g/mol. The van der Waals surface area contributed by atoms with Crippen LogP contribution in [0, 0.1) is 0 Å². The van der Waals surface area contributed by atoms with E-state index in [4.69, 9.17) is 19.1 Å². The van der Waals surface area contributed by atoms with E-state index in [1.807, 2.05) is 33.8 Å². The van der Waals surface area contributed by atoms with Gasteiger partial charge in [-0.05, 0) is 36.2 Å². The van der Waals surface area contributed by atoms with Crippen molar-refractivity contribution >= 4 is 11.9 Å². The highest BCUT2D eigenvalue weighted by atomic mass is 19.4. The summed E-state index contributed by atoms with van der Waals surface area (Å²) < 4.78 is 44.9. The number of carboxylic acid groups (broad SMARTS) is 1. The van der Waals surface area contributed by atoms with Crippen LogP contribution in [0.2, 0.25) is 0 Å². The lowest BCUT2D eigenvalue weighted by Crippen LogP contribution is -2.42. The van der Waals surface area contributed by atoms with Crippen LogP contribution in [0.5, 0.6) is 0 Å². The van der Waals surface area contributed by atoms with Crippen LogP contribution in [0.1, 0.15) is 29.5 Å². The number of carboxylic acids is 1. The normalized spacial score (nSPS) is 15.3. The quantitative estimate of drug-likeness (QED) is 0.517. The summed E-state index contributed by atoms with van der Waals surface area (Å²) in [6.07, 6.45) is 2.93. The van der Waals surface area contributed by atoms with Crippen molar-refractivity contribution in [2.75, 3.05) is 13.2 Å². The number of carbonyl (C=O) groups is 2. The molecule has 9 nitrogen and oxygen atoms in total. The number of aromatic nitrogens is 3. The van der Waals surface area contributed by atoms with E-state index >= 15 is 0 Å². The van der Waals surface area contributed by atoms with Gasteiger partial charge in [0.2, 0.25) is 5.91 Å². The molecule has 0 saturated heterocycles. The van der Waals surface area contributed by atoms with Gasteiger partial charge in [0, 0.05) is 31.7 Å². The molecule has 182 valence electrons. The highest BCUT2D eigenvalue weighted by molar-refractivity contribution is 5.78. The van der Waals surface area contributed by atoms with Gasteiger partial charge in [-0.1, -0.05) is 6.07 Å². The molecule has 0 spiro atoms. The molecular weight excluding hydrogens is 457 g/mol. The number of hydrogen-bond acceptors (Lipinski definition) is 6. The van der Waals surface area contributed by atoms with Crippen LogP contribution in [0.3, 0.4) is 0 Å². The summed E-state index contributed by atoms with van der Waals surface area (Å²) in [6, 6.07) is 9.60. The lowest BCUT2D eigenvalue weighted by Gasteiger charge is -2.34. The van der Waals surface area contributed by atoms with Crippen LogP contribution in [-0.2, 0) is 33.9 Å². The second-order valence-electron chi connectivity index (χ2n) is 7.46. The standard InChI is InChI=1S/C20H22N4O3.C2HF3O2/c25-20(11-19-4-2-9-27-19)23-13-17-5-8-22-24(17)18(14-23)6-10-26-15-16-3-1-7-21-12-16;3-2(4,5)1(6)7/h1-5,7-9,12,18H,6,10-11,13-15H2;(H,6,7). The van der Waals surface area contributed by atoms with Gasteiger partial charge >= 0.3 is 12.1 Å². The van der Waals surface area contributed by atoms with E-state index in [0.29, 0.717) is 32.1 Å². The summed E-state index contributed by atoms with van der Waals surface area (Å²) in [4.78, 5) is 27.5. The van der Waals surface area contributed by atoms with Crippen molar-refractivity contribution in [1.82, 2.24) is 19.7 Å². The Morgan fingerprint density at radius 2 is 2.00 bits per heavy atom. The molecule has 3 aromatic rings. The Balaban J connectivity index is 0.000000406. The largest absolute Gasteiger partial charge is 0.490 e. The molecule has 4 rings (SSSR count). The average Bonchev–Trinajstić information content (AvgIpc) is 3.49. The number of fused-ring (bicyclic) bond motifs is 1. The summed E-state index contributed by atoms with van der Waals surface area (Å²) >= 11 is 0. The summed E-state index contributed by atoms with van der Waals surface area (Å²) in [6.45, 7) is 2.34. The molecule has 1 aliphatic heterocycles. The fourth-order valence-electron chi connectivity index (χ4n) is 3.36. The second kappa shape index (κ2) is 11.5. The predicted octanol–water partition coefficient (Wildman–Crippen LogP) is 3.24. The smallest absolute Gasteiger partial charge is 0.475 e. The van der Waals surface area contributed by atoms with E-state index in [0.717, 1.165) is 17.7 Å². The number of hydrogen-bond donors (Lipinski definition) is 1. The lowest BCUT2D eigenvalue weighted by atomic mass is 10.1. The molecule has 0 radical (unpaired) electrons. The maximum Gasteiger partial charge on any atom is 0.490 e. The van der Waals surface area contributed by atoms with E-state index < -0.39 is 12.1 Å². The van der Waals surface area contributed by atoms with Gasteiger partial charge in [-0.3, -0.25) is 14.5 Å². The summed E-state index contributed by atoms with van der Waals surface area (Å²) in [5.41, 5.74) is 2.10. The molecule has 1 amide bonds. The van der Waals surface area contributed by atoms with Gasteiger partial charge in [0.25, 0.3) is 0 Å². The van der Waals surface area contributed by atoms with Crippen LogP contribution in [0.4, 0.5) is 13.2 Å². The topological polar surface area (TPSA) is 111 Å². The molecule has 0 aliphatic carbocycles. The first kappa shape index (κ1) is 25.0. The number of halogens is 3. The van der Waals surface area contributed by atoms with Crippen LogP contribution < -0.4 is 0 Å². The number of aliphatic carboxylic acids is 1. The number of alkyl halides is 3. The molecule has 1 unspecified atom stereocenters. The zero-order chi connectivity index (χ0) is 24.6. The molecular formula is C22H23F3N4O5. The minimum Gasteiger partial charge on any atom is -0.475 e. The molecule has 1 atom stereocenters. The van der Waals surface area contributed by atoms with Crippen LogP contribution in [0.25, 0.3) is 0 Å². The fraction of sp³-hybridized carbons (Fsp3) is 0.364. The molecule has 0 saturated carbocycles. The predicted molar refractivity (Wildman–Crippen MR) is 111 cm³/mol. The van der Waals surface area contributed by atoms with Crippen molar-refractivity contribution in [2.45, 2.75) is 38.2 Å². The Labute approximate surface area is 192 Å². The first-order valence-corrected chi connectivity index (χ1v) is 10.3. The number of rotatable bonds is 7. The van der Waals surface area contributed by atoms with Crippen molar-refractivity contribution in [1.29, 1.82) is 0 Å². The molecule has 1 aliphatic rings. The van der Waals surface area contributed by atoms with Gasteiger partial charge in [-0.15, -0.1) is 0 Å². The number of amides is 1. The summed E-state index contributed by atoms with van der Waals surface area (Å²) in [5.74, 6) is -2.00. The molecule has 34 heavy (non-hydrogen) atoms. The van der Waals surface area contributed by atoms with Crippen LogP contribution in [0.15, 0.2) is 59.6 Å². The number of pyridine rings is 1.